The SMILES string of the molecule is CN1CCN(C(=O)N2CC=C(c3c[nH]c4ncccc34)CC2)C(c2ccccc2)C1. The number of H-pyrrole nitrogens is 1. The van der Waals surface area contributed by atoms with Gasteiger partial charge in [-0.2, -0.15) is 0 Å². The Morgan fingerprint density at radius 3 is 2.77 bits per heavy atom. The lowest BCUT2D eigenvalue weighted by Gasteiger charge is -2.43. The molecule has 1 fully saturated rings. The highest BCUT2D eigenvalue weighted by molar-refractivity contribution is 5.91. The van der Waals surface area contributed by atoms with Crippen LogP contribution in [-0.4, -0.2) is 70.5 Å². The Hall–Kier alpha value is -3.12. The molecule has 1 saturated heterocycles. The third kappa shape index (κ3) is 3.48. The van der Waals surface area contributed by atoms with Crippen LogP contribution >= 0.6 is 0 Å². The van der Waals surface area contributed by atoms with Gasteiger partial charge in [0.2, 0.25) is 0 Å². The molecule has 1 N–H and O–H groups in total. The number of aromatic amines is 1. The van der Waals surface area contributed by atoms with Crippen molar-refractivity contribution in [3.05, 3.63) is 72.1 Å². The highest BCUT2D eigenvalue weighted by atomic mass is 16.2. The lowest BCUT2D eigenvalue weighted by molar-refractivity contribution is 0.0869. The fourth-order valence-corrected chi connectivity index (χ4v) is 4.60. The second kappa shape index (κ2) is 7.95. The van der Waals surface area contributed by atoms with Crippen molar-refractivity contribution >= 4 is 22.6 Å². The summed E-state index contributed by atoms with van der Waals surface area (Å²) in [5, 5.41) is 1.15. The molecule has 1 unspecified atom stereocenters. The van der Waals surface area contributed by atoms with Gasteiger partial charge in [0.25, 0.3) is 0 Å². The normalized spacial score (nSPS) is 20.4. The number of fused-ring (bicyclic) bond motifs is 1. The van der Waals surface area contributed by atoms with Gasteiger partial charge in [-0.15, -0.1) is 0 Å². The fourth-order valence-electron chi connectivity index (χ4n) is 4.60. The van der Waals surface area contributed by atoms with Gasteiger partial charge in [0.15, 0.2) is 0 Å². The summed E-state index contributed by atoms with van der Waals surface area (Å²) in [5.74, 6) is 0. The minimum Gasteiger partial charge on any atom is -0.346 e. The van der Waals surface area contributed by atoms with Crippen LogP contribution in [0.25, 0.3) is 16.6 Å². The molecule has 0 spiro atoms. The number of amides is 2. The van der Waals surface area contributed by atoms with Gasteiger partial charge in [0.1, 0.15) is 5.65 Å². The first-order chi connectivity index (χ1) is 14.7. The zero-order valence-electron chi connectivity index (χ0n) is 17.3. The summed E-state index contributed by atoms with van der Waals surface area (Å²) in [5.41, 5.74) is 4.61. The average molecular weight is 402 g/mol. The van der Waals surface area contributed by atoms with Crippen molar-refractivity contribution in [2.75, 3.05) is 39.8 Å². The van der Waals surface area contributed by atoms with Crippen LogP contribution in [0.4, 0.5) is 4.79 Å². The molecule has 2 aromatic heterocycles. The van der Waals surface area contributed by atoms with E-state index >= 15 is 0 Å². The van der Waals surface area contributed by atoms with Crippen molar-refractivity contribution in [2.45, 2.75) is 12.5 Å². The predicted molar refractivity (Wildman–Crippen MR) is 119 cm³/mol. The molecule has 4 heterocycles. The average Bonchev–Trinajstić information content (AvgIpc) is 3.23. The minimum atomic E-state index is 0.0996. The number of nitrogens with one attached hydrogen (secondary N) is 1. The molecule has 1 aromatic carbocycles. The van der Waals surface area contributed by atoms with Crippen LogP contribution in [-0.2, 0) is 0 Å². The van der Waals surface area contributed by atoms with Gasteiger partial charge in [-0.05, 0) is 36.7 Å². The summed E-state index contributed by atoms with van der Waals surface area (Å²) < 4.78 is 0. The van der Waals surface area contributed by atoms with E-state index < -0.39 is 0 Å². The molecular weight excluding hydrogens is 374 g/mol. The highest BCUT2D eigenvalue weighted by Crippen LogP contribution is 2.30. The monoisotopic (exact) mass is 401 g/mol. The number of carbonyl (C=O) groups excluding carboxylic acids is 1. The highest BCUT2D eigenvalue weighted by Gasteiger charge is 2.33. The topological polar surface area (TPSA) is 55.5 Å². The molecule has 0 bridgehead atoms. The first-order valence-electron chi connectivity index (χ1n) is 10.6. The quantitative estimate of drug-likeness (QED) is 0.711. The van der Waals surface area contributed by atoms with Crippen molar-refractivity contribution in [1.82, 2.24) is 24.7 Å². The van der Waals surface area contributed by atoms with Crippen molar-refractivity contribution in [2.24, 2.45) is 0 Å². The number of carbonyl (C=O) groups is 1. The van der Waals surface area contributed by atoms with Crippen molar-refractivity contribution < 1.29 is 4.79 Å². The molecule has 5 rings (SSSR count). The van der Waals surface area contributed by atoms with Crippen LogP contribution in [0.5, 0.6) is 0 Å². The van der Waals surface area contributed by atoms with E-state index in [1.807, 2.05) is 23.2 Å². The molecule has 154 valence electrons. The molecule has 2 aliphatic rings. The number of aromatic nitrogens is 2. The molecule has 1 atom stereocenters. The number of pyridine rings is 1. The molecule has 0 aliphatic carbocycles. The van der Waals surface area contributed by atoms with Crippen LogP contribution in [0.1, 0.15) is 23.6 Å². The van der Waals surface area contributed by atoms with E-state index in [9.17, 15) is 4.79 Å². The van der Waals surface area contributed by atoms with Gasteiger partial charge in [-0.1, -0.05) is 36.4 Å². The van der Waals surface area contributed by atoms with E-state index in [1.165, 1.54) is 16.7 Å². The largest absolute Gasteiger partial charge is 0.346 e. The van der Waals surface area contributed by atoms with Crippen LogP contribution in [0.2, 0.25) is 0 Å². The second-order valence-corrected chi connectivity index (χ2v) is 8.19. The molecule has 2 amide bonds. The van der Waals surface area contributed by atoms with Crippen molar-refractivity contribution in [1.29, 1.82) is 0 Å². The number of rotatable bonds is 2. The van der Waals surface area contributed by atoms with E-state index in [-0.39, 0.29) is 12.1 Å². The Bertz CT molecular complexity index is 1070. The van der Waals surface area contributed by atoms with E-state index in [2.05, 4.69) is 63.2 Å². The Kier molecular flexibility index (Phi) is 5.01. The molecule has 30 heavy (non-hydrogen) atoms. The summed E-state index contributed by atoms with van der Waals surface area (Å²) in [7, 11) is 2.13. The van der Waals surface area contributed by atoms with Gasteiger partial charge < -0.3 is 19.7 Å². The van der Waals surface area contributed by atoms with Gasteiger partial charge in [0.05, 0.1) is 6.04 Å². The van der Waals surface area contributed by atoms with E-state index in [4.69, 9.17) is 0 Å². The minimum absolute atomic E-state index is 0.0996. The predicted octanol–water partition coefficient (Wildman–Crippen LogP) is 3.76. The number of piperazine rings is 1. The molecule has 0 saturated carbocycles. The first kappa shape index (κ1) is 18.9. The number of benzene rings is 1. The molecule has 6 heteroatoms. The number of hydrogen-bond donors (Lipinski definition) is 1. The summed E-state index contributed by atoms with van der Waals surface area (Å²) >= 11 is 0. The maximum atomic E-state index is 13.4. The third-order valence-corrected chi connectivity index (χ3v) is 6.29. The number of likely N-dealkylation sites (N-methyl/N-ethyl adjacent to an activating group) is 1. The van der Waals surface area contributed by atoms with Crippen LogP contribution in [0.15, 0.2) is 60.9 Å². The number of hydrogen-bond acceptors (Lipinski definition) is 3. The second-order valence-electron chi connectivity index (χ2n) is 8.19. The Balaban J connectivity index is 1.34. The number of urea groups is 1. The molecule has 6 nitrogen and oxygen atoms in total. The first-order valence-corrected chi connectivity index (χ1v) is 10.6. The lowest BCUT2D eigenvalue weighted by atomic mass is 9.99. The molecule has 2 aliphatic heterocycles. The smallest absolute Gasteiger partial charge is 0.320 e. The summed E-state index contributed by atoms with van der Waals surface area (Å²) in [6.45, 7) is 3.93. The zero-order chi connectivity index (χ0) is 20.5. The van der Waals surface area contributed by atoms with Gasteiger partial charge in [0, 0.05) is 56.1 Å². The Labute approximate surface area is 176 Å². The van der Waals surface area contributed by atoms with Gasteiger partial charge in [-0.25, -0.2) is 9.78 Å². The maximum Gasteiger partial charge on any atom is 0.320 e. The van der Waals surface area contributed by atoms with Crippen molar-refractivity contribution in [3.63, 3.8) is 0 Å². The summed E-state index contributed by atoms with van der Waals surface area (Å²) in [6.07, 6.45) is 6.90. The molecular formula is C24H27N5O. The van der Waals surface area contributed by atoms with Crippen LogP contribution in [0.3, 0.4) is 0 Å². The van der Waals surface area contributed by atoms with E-state index in [1.54, 1.807) is 6.20 Å². The number of nitrogens with zero attached hydrogens (tertiary/aromatic N) is 4. The van der Waals surface area contributed by atoms with Gasteiger partial charge >= 0.3 is 6.03 Å². The van der Waals surface area contributed by atoms with E-state index in [0.29, 0.717) is 6.54 Å². The summed E-state index contributed by atoms with van der Waals surface area (Å²) in [4.78, 5) is 27.4. The van der Waals surface area contributed by atoms with Crippen LogP contribution in [0, 0.1) is 0 Å². The fraction of sp³-hybridized carbons (Fsp3) is 0.333. The van der Waals surface area contributed by atoms with Crippen molar-refractivity contribution in [3.8, 4) is 0 Å². The summed E-state index contributed by atoms with van der Waals surface area (Å²) in [6, 6.07) is 14.7. The van der Waals surface area contributed by atoms with Gasteiger partial charge in [-0.3, -0.25) is 0 Å². The Morgan fingerprint density at radius 1 is 1.10 bits per heavy atom. The third-order valence-electron chi connectivity index (χ3n) is 6.29. The maximum absolute atomic E-state index is 13.4. The Morgan fingerprint density at radius 2 is 1.97 bits per heavy atom. The van der Waals surface area contributed by atoms with E-state index in [0.717, 1.165) is 43.6 Å². The van der Waals surface area contributed by atoms with Crippen LogP contribution < -0.4 is 0 Å². The lowest BCUT2D eigenvalue weighted by Crippen LogP contribution is -2.54. The standard InChI is InChI=1S/C24H27N5O/c1-27-14-15-29(22(17-27)19-6-3-2-4-7-19)24(30)28-12-9-18(10-13-28)21-16-26-23-20(21)8-5-11-25-23/h2-9,11,16,22H,10,12-15,17H2,1H3,(H,25,26). The zero-order valence-corrected chi connectivity index (χ0v) is 17.3. The molecule has 3 aromatic rings. The molecule has 0 radical (unpaired) electrons.